The maximum atomic E-state index is 15.8. The molecule has 1 aliphatic rings. The Morgan fingerprint density at radius 3 is 1.41 bits per heavy atom. The van der Waals surface area contributed by atoms with Crippen molar-refractivity contribution in [3.8, 4) is 16.9 Å². The summed E-state index contributed by atoms with van der Waals surface area (Å²) in [6.07, 6.45) is 0. The van der Waals surface area contributed by atoms with Crippen molar-refractivity contribution >= 4 is 12.7 Å². The average molecular weight is 458 g/mol. The minimum absolute atomic E-state index is 0.650. The summed E-state index contributed by atoms with van der Waals surface area (Å²) in [5.74, 6) is 0.650. The number of fused-ring (bicyclic) bond motifs is 3. The number of hydrogen-bond donors (Lipinski definition) is 0. The highest BCUT2D eigenvalue weighted by Crippen LogP contribution is 2.71. The molecule has 5 aromatic rings. The van der Waals surface area contributed by atoms with Gasteiger partial charge in [-0.1, -0.05) is 127 Å². The van der Waals surface area contributed by atoms with Crippen LogP contribution in [0, 0.1) is 0 Å². The van der Waals surface area contributed by atoms with E-state index in [-0.39, 0.29) is 0 Å². The van der Waals surface area contributed by atoms with Crippen molar-refractivity contribution in [2.45, 2.75) is 5.16 Å². The summed E-state index contributed by atoms with van der Waals surface area (Å²) < 4.78 is 22.5. The van der Waals surface area contributed by atoms with Gasteiger partial charge >= 0.3 is 0 Å². The highest BCUT2D eigenvalue weighted by atomic mass is 31.2. The Hall–Kier alpha value is -3.87. The SMILES string of the molecule is O=P1(C(c2ccccc2)(c2ccccc2)c2ccccc2)Oc2ccccc2-c2ccccc21. The van der Waals surface area contributed by atoms with Crippen molar-refractivity contribution in [2.24, 2.45) is 0 Å². The van der Waals surface area contributed by atoms with Crippen LogP contribution in [0.2, 0.25) is 0 Å². The largest absolute Gasteiger partial charge is 0.438 e. The van der Waals surface area contributed by atoms with E-state index in [9.17, 15) is 0 Å². The van der Waals surface area contributed by atoms with Gasteiger partial charge < -0.3 is 4.52 Å². The molecule has 0 saturated heterocycles. The third-order valence-corrected chi connectivity index (χ3v) is 9.78. The molecule has 5 aromatic carbocycles. The molecule has 164 valence electrons. The van der Waals surface area contributed by atoms with Gasteiger partial charge in [-0.3, -0.25) is 4.57 Å². The molecule has 0 saturated carbocycles. The second-order valence-corrected chi connectivity index (χ2v) is 10.9. The third kappa shape index (κ3) is 2.93. The third-order valence-electron chi connectivity index (χ3n) is 6.64. The lowest BCUT2D eigenvalue weighted by Gasteiger charge is -2.44. The van der Waals surface area contributed by atoms with E-state index in [1.54, 1.807) is 0 Å². The van der Waals surface area contributed by atoms with Crippen LogP contribution < -0.4 is 9.83 Å². The lowest BCUT2D eigenvalue weighted by atomic mass is 9.84. The van der Waals surface area contributed by atoms with Gasteiger partial charge in [-0.05, 0) is 34.4 Å². The van der Waals surface area contributed by atoms with Gasteiger partial charge in [0.1, 0.15) is 10.9 Å². The first-order valence-electron chi connectivity index (χ1n) is 11.4. The normalized spacial score (nSPS) is 16.7. The van der Waals surface area contributed by atoms with Crippen LogP contribution in [0.25, 0.3) is 11.1 Å². The van der Waals surface area contributed by atoms with E-state index in [0.717, 1.165) is 33.1 Å². The molecule has 0 bridgehead atoms. The van der Waals surface area contributed by atoms with Crippen LogP contribution >= 0.6 is 7.37 Å². The summed E-state index contributed by atoms with van der Waals surface area (Å²) >= 11 is 0. The van der Waals surface area contributed by atoms with Crippen molar-refractivity contribution < 1.29 is 9.09 Å². The fraction of sp³-hybridized carbons (Fsp3) is 0.0323. The minimum Gasteiger partial charge on any atom is -0.438 e. The van der Waals surface area contributed by atoms with Crippen LogP contribution in [-0.4, -0.2) is 0 Å². The van der Waals surface area contributed by atoms with Crippen molar-refractivity contribution in [3.05, 3.63) is 156 Å². The molecule has 2 nitrogen and oxygen atoms in total. The van der Waals surface area contributed by atoms with Gasteiger partial charge in [0.15, 0.2) is 0 Å². The van der Waals surface area contributed by atoms with E-state index >= 15 is 4.57 Å². The molecule has 0 amide bonds. The number of benzene rings is 5. The highest BCUT2D eigenvalue weighted by molar-refractivity contribution is 7.69. The Bertz CT molecular complexity index is 1400. The van der Waals surface area contributed by atoms with E-state index in [0.29, 0.717) is 5.75 Å². The molecular weight excluding hydrogens is 435 g/mol. The molecule has 6 rings (SSSR count). The van der Waals surface area contributed by atoms with E-state index in [4.69, 9.17) is 4.52 Å². The molecule has 0 spiro atoms. The fourth-order valence-electron chi connectivity index (χ4n) is 5.21. The van der Waals surface area contributed by atoms with E-state index in [1.807, 2.05) is 97.1 Å². The molecule has 3 heteroatoms. The van der Waals surface area contributed by atoms with Gasteiger partial charge in [-0.15, -0.1) is 0 Å². The molecule has 1 unspecified atom stereocenters. The van der Waals surface area contributed by atoms with Crippen LogP contribution in [0.4, 0.5) is 0 Å². The molecular formula is C31H23O2P. The lowest BCUT2D eigenvalue weighted by molar-refractivity contribution is 0.469. The molecule has 0 N–H and O–H groups in total. The van der Waals surface area contributed by atoms with Gasteiger partial charge in [-0.25, -0.2) is 0 Å². The van der Waals surface area contributed by atoms with Crippen LogP contribution in [0.15, 0.2) is 140 Å². The Balaban J connectivity index is 1.79. The Kier molecular flexibility index (Phi) is 4.98. The van der Waals surface area contributed by atoms with Crippen molar-refractivity contribution in [3.63, 3.8) is 0 Å². The standard InChI is InChI=1S/C31H23O2P/c32-34(30-23-13-11-21-28(30)27-20-10-12-22-29(27)33-34)31(24-14-4-1-5-15-24,25-16-6-2-7-17-25)26-18-8-3-9-19-26/h1-23H. The van der Waals surface area contributed by atoms with Crippen molar-refractivity contribution in [2.75, 3.05) is 0 Å². The first-order valence-corrected chi connectivity index (χ1v) is 13.0. The van der Waals surface area contributed by atoms with Crippen molar-refractivity contribution in [1.82, 2.24) is 0 Å². The molecule has 0 fully saturated rings. The predicted octanol–water partition coefficient (Wildman–Crippen LogP) is 7.64. The maximum Gasteiger partial charge on any atom is 0.296 e. The van der Waals surface area contributed by atoms with Crippen LogP contribution in [0.3, 0.4) is 0 Å². The van der Waals surface area contributed by atoms with Gasteiger partial charge in [0.25, 0.3) is 7.37 Å². The second kappa shape index (κ2) is 8.17. The zero-order valence-corrected chi connectivity index (χ0v) is 19.4. The first kappa shape index (κ1) is 20.7. The second-order valence-electron chi connectivity index (χ2n) is 8.46. The Morgan fingerprint density at radius 2 is 0.882 bits per heavy atom. The topological polar surface area (TPSA) is 26.3 Å². The Morgan fingerprint density at radius 1 is 0.471 bits per heavy atom. The van der Waals surface area contributed by atoms with Crippen LogP contribution in [0.1, 0.15) is 16.7 Å². The maximum absolute atomic E-state index is 15.8. The molecule has 0 aromatic heterocycles. The summed E-state index contributed by atoms with van der Waals surface area (Å²) in [4.78, 5) is 0. The summed E-state index contributed by atoms with van der Waals surface area (Å²) in [5, 5.41) is -0.300. The van der Waals surface area contributed by atoms with E-state index < -0.39 is 12.5 Å². The van der Waals surface area contributed by atoms with Gasteiger partial charge in [0.05, 0.1) is 5.30 Å². The highest BCUT2D eigenvalue weighted by Gasteiger charge is 2.57. The van der Waals surface area contributed by atoms with Gasteiger partial charge in [-0.2, -0.15) is 0 Å². The zero-order valence-electron chi connectivity index (χ0n) is 18.5. The lowest BCUT2D eigenvalue weighted by Crippen LogP contribution is -2.37. The number of rotatable bonds is 4. The van der Waals surface area contributed by atoms with E-state index in [2.05, 4.69) is 42.5 Å². The number of hydrogen-bond acceptors (Lipinski definition) is 2. The average Bonchev–Trinajstić information content (AvgIpc) is 2.91. The minimum atomic E-state index is -3.64. The van der Waals surface area contributed by atoms with Gasteiger partial charge in [0, 0.05) is 5.56 Å². The smallest absolute Gasteiger partial charge is 0.296 e. The summed E-state index contributed by atoms with van der Waals surface area (Å²) in [7, 11) is -3.64. The predicted molar refractivity (Wildman–Crippen MR) is 139 cm³/mol. The Labute approximate surface area is 200 Å². The first-order chi connectivity index (χ1) is 16.7. The quantitative estimate of drug-likeness (QED) is 0.204. The molecule has 1 atom stereocenters. The zero-order chi connectivity index (χ0) is 23.0. The van der Waals surface area contributed by atoms with E-state index in [1.165, 1.54) is 0 Å². The number of para-hydroxylation sites is 1. The molecule has 0 aliphatic carbocycles. The van der Waals surface area contributed by atoms with Crippen molar-refractivity contribution in [1.29, 1.82) is 0 Å². The summed E-state index contributed by atoms with van der Waals surface area (Å²) in [6, 6.07) is 46.2. The van der Waals surface area contributed by atoms with Gasteiger partial charge in [0.2, 0.25) is 0 Å². The molecule has 0 radical (unpaired) electrons. The summed E-state index contributed by atoms with van der Waals surface area (Å²) in [5.41, 5.74) is 4.73. The fourth-order valence-corrected chi connectivity index (χ4v) is 8.51. The van der Waals surface area contributed by atoms with Crippen LogP contribution in [0.5, 0.6) is 5.75 Å². The molecule has 34 heavy (non-hydrogen) atoms. The molecule has 1 heterocycles. The van der Waals surface area contributed by atoms with Crippen LogP contribution in [-0.2, 0) is 9.72 Å². The molecule has 1 aliphatic heterocycles. The monoisotopic (exact) mass is 458 g/mol. The summed E-state index contributed by atoms with van der Waals surface area (Å²) in [6.45, 7) is 0.